The quantitative estimate of drug-likeness (QED) is 0.796. The van der Waals surface area contributed by atoms with Crippen molar-refractivity contribution in [2.75, 3.05) is 33.4 Å². The van der Waals surface area contributed by atoms with Crippen molar-refractivity contribution >= 4 is 5.91 Å². The fraction of sp³-hybridized carbons (Fsp3) is 0.350. The van der Waals surface area contributed by atoms with E-state index in [0.29, 0.717) is 37.8 Å². The van der Waals surface area contributed by atoms with E-state index in [1.807, 2.05) is 24.3 Å². The van der Waals surface area contributed by atoms with Gasteiger partial charge in [0.15, 0.2) is 11.5 Å². The largest absolute Gasteiger partial charge is 0.493 e. The van der Waals surface area contributed by atoms with Crippen molar-refractivity contribution in [2.24, 2.45) is 0 Å². The minimum Gasteiger partial charge on any atom is -0.493 e. The van der Waals surface area contributed by atoms with Gasteiger partial charge in [-0.2, -0.15) is 0 Å². The van der Waals surface area contributed by atoms with Gasteiger partial charge in [-0.3, -0.25) is 4.79 Å². The number of carbonyl (C=O) groups excluding carboxylic acids is 1. The van der Waals surface area contributed by atoms with Crippen molar-refractivity contribution in [1.29, 1.82) is 0 Å². The van der Waals surface area contributed by atoms with Gasteiger partial charge in [-0.25, -0.2) is 4.39 Å². The fourth-order valence-electron chi connectivity index (χ4n) is 2.86. The lowest BCUT2D eigenvalue weighted by molar-refractivity contribution is -0.139. The third kappa shape index (κ3) is 4.73. The highest BCUT2D eigenvalue weighted by Gasteiger charge is 2.25. The summed E-state index contributed by atoms with van der Waals surface area (Å²) in [4.78, 5) is 14.3. The van der Waals surface area contributed by atoms with E-state index < -0.39 is 0 Å². The molecule has 0 spiro atoms. The van der Waals surface area contributed by atoms with E-state index in [-0.39, 0.29) is 24.2 Å². The molecule has 1 atom stereocenters. The molecule has 0 saturated carbocycles. The average Bonchev–Trinajstić information content (AvgIpc) is 2.68. The van der Waals surface area contributed by atoms with Crippen LogP contribution in [0.2, 0.25) is 0 Å². The van der Waals surface area contributed by atoms with Crippen LogP contribution in [-0.2, 0) is 16.0 Å². The van der Waals surface area contributed by atoms with Crippen LogP contribution in [0, 0.1) is 5.82 Å². The summed E-state index contributed by atoms with van der Waals surface area (Å²) in [6.07, 6.45) is 0.0474. The van der Waals surface area contributed by atoms with E-state index >= 15 is 0 Å². The first-order valence-corrected chi connectivity index (χ1v) is 8.55. The highest BCUT2D eigenvalue weighted by molar-refractivity contribution is 5.78. The number of amides is 1. The predicted octanol–water partition coefficient (Wildman–Crippen LogP) is 2.68. The Bertz CT molecular complexity index is 735. The van der Waals surface area contributed by atoms with E-state index in [1.165, 1.54) is 12.1 Å². The van der Waals surface area contributed by atoms with Gasteiger partial charge in [0.05, 0.1) is 26.7 Å². The molecule has 2 aromatic carbocycles. The molecule has 6 heteroatoms. The van der Waals surface area contributed by atoms with E-state index in [2.05, 4.69) is 0 Å². The maximum atomic E-state index is 13.0. The van der Waals surface area contributed by atoms with Crippen molar-refractivity contribution in [3.05, 3.63) is 59.9 Å². The molecule has 3 rings (SSSR count). The van der Waals surface area contributed by atoms with E-state index in [0.717, 1.165) is 5.56 Å². The van der Waals surface area contributed by atoms with Gasteiger partial charge < -0.3 is 19.1 Å². The molecule has 1 aliphatic heterocycles. The number of ether oxygens (including phenoxy) is 3. The number of benzene rings is 2. The second-order valence-corrected chi connectivity index (χ2v) is 6.10. The monoisotopic (exact) mass is 359 g/mol. The Morgan fingerprint density at radius 1 is 1.19 bits per heavy atom. The number of hydrogen-bond donors (Lipinski definition) is 0. The van der Waals surface area contributed by atoms with Crippen LogP contribution in [0.15, 0.2) is 48.5 Å². The molecule has 2 aromatic rings. The third-order valence-electron chi connectivity index (χ3n) is 4.25. The zero-order valence-corrected chi connectivity index (χ0v) is 14.7. The molecule has 26 heavy (non-hydrogen) atoms. The molecule has 1 fully saturated rings. The first-order valence-electron chi connectivity index (χ1n) is 8.55. The second-order valence-electron chi connectivity index (χ2n) is 6.10. The lowest BCUT2D eigenvalue weighted by atomic mass is 10.1. The minimum absolute atomic E-state index is 0.00204. The van der Waals surface area contributed by atoms with E-state index in [9.17, 15) is 9.18 Å². The number of rotatable bonds is 6. The highest BCUT2D eigenvalue weighted by Crippen LogP contribution is 2.26. The van der Waals surface area contributed by atoms with Gasteiger partial charge in [0.25, 0.3) is 0 Å². The number of para-hydroxylation sites is 2. The average molecular weight is 359 g/mol. The van der Waals surface area contributed by atoms with Crippen LogP contribution < -0.4 is 9.47 Å². The lowest BCUT2D eigenvalue weighted by Crippen LogP contribution is -2.48. The van der Waals surface area contributed by atoms with E-state index in [4.69, 9.17) is 14.2 Å². The minimum atomic E-state index is -0.305. The van der Waals surface area contributed by atoms with Gasteiger partial charge in [-0.1, -0.05) is 24.3 Å². The Morgan fingerprint density at radius 3 is 2.65 bits per heavy atom. The van der Waals surface area contributed by atoms with Crippen LogP contribution in [0.1, 0.15) is 5.56 Å². The van der Waals surface area contributed by atoms with Gasteiger partial charge in [-0.15, -0.1) is 0 Å². The smallest absolute Gasteiger partial charge is 0.227 e. The van der Waals surface area contributed by atoms with Crippen molar-refractivity contribution in [2.45, 2.75) is 12.5 Å². The molecule has 138 valence electrons. The maximum Gasteiger partial charge on any atom is 0.227 e. The van der Waals surface area contributed by atoms with Gasteiger partial charge in [0, 0.05) is 6.54 Å². The number of nitrogens with zero attached hydrogens (tertiary/aromatic N) is 1. The molecule has 1 aliphatic rings. The lowest BCUT2D eigenvalue weighted by Gasteiger charge is -2.33. The van der Waals surface area contributed by atoms with Crippen molar-refractivity contribution in [1.82, 2.24) is 4.90 Å². The third-order valence-corrected chi connectivity index (χ3v) is 4.25. The first kappa shape index (κ1) is 18.2. The van der Waals surface area contributed by atoms with Crippen LogP contribution >= 0.6 is 0 Å². The molecule has 1 unspecified atom stereocenters. The highest BCUT2D eigenvalue weighted by atomic mass is 19.1. The molecule has 1 amide bonds. The summed E-state index contributed by atoms with van der Waals surface area (Å²) in [5.74, 6) is 1.00. The van der Waals surface area contributed by atoms with Crippen molar-refractivity contribution < 1.29 is 23.4 Å². The molecule has 0 aliphatic carbocycles. The normalized spacial score (nSPS) is 17.0. The number of halogens is 1. The summed E-state index contributed by atoms with van der Waals surface area (Å²) in [6.45, 7) is 1.82. The van der Waals surface area contributed by atoms with Crippen LogP contribution in [-0.4, -0.2) is 50.3 Å². The Balaban J connectivity index is 1.53. The predicted molar refractivity (Wildman–Crippen MR) is 94.9 cm³/mol. The molecular formula is C20H22FNO4. The molecule has 0 bridgehead atoms. The van der Waals surface area contributed by atoms with Crippen LogP contribution in [0.4, 0.5) is 4.39 Å². The Hall–Kier alpha value is -2.60. The van der Waals surface area contributed by atoms with E-state index in [1.54, 1.807) is 24.1 Å². The summed E-state index contributed by atoms with van der Waals surface area (Å²) < 4.78 is 29.7. The first-order chi connectivity index (χ1) is 12.7. The van der Waals surface area contributed by atoms with Gasteiger partial charge >= 0.3 is 0 Å². The topological polar surface area (TPSA) is 48.0 Å². The van der Waals surface area contributed by atoms with Gasteiger partial charge in [0.1, 0.15) is 18.5 Å². The fourth-order valence-corrected chi connectivity index (χ4v) is 2.86. The zero-order chi connectivity index (χ0) is 18.4. The summed E-state index contributed by atoms with van der Waals surface area (Å²) >= 11 is 0. The summed E-state index contributed by atoms with van der Waals surface area (Å²) in [5, 5.41) is 0. The number of morpholine rings is 1. The molecular weight excluding hydrogens is 337 g/mol. The van der Waals surface area contributed by atoms with Crippen LogP contribution in [0.25, 0.3) is 0 Å². The molecule has 0 N–H and O–H groups in total. The second kappa shape index (κ2) is 8.67. The maximum absolute atomic E-state index is 13.0. The van der Waals surface area contributed by atoms with Crippen LogP contribution in [0.3, 0.4) is 0 Å². The van der Waals surface area contributed by atoms with Crippen LogP contribution in [0.5, 0.6) is 11.5 Å². The Morgan fingerprint density at radius 2 is 1.92 bits per heavy atom. The summed E-state index contributed by atoms with van der Waals surface area (Å²) in [7, 11) is 1.59. The molecule has 1 saturated heterocycles. The summed E-state index contributed by atoms with van der Waals surface area (Å²) in [5.41, 5.74) is 0.796. The number of hydrogen-bond acceptors (Lipinski definition) is 4. The molecule has 5 nitrogen and oxygen atoms in total. The Labute approximate surface area is 152 Å². The standard InChI is InChI=1S/C20H22FNO4/c1-24-18-4-2-3-5-19(18)26-14-17-13-22(10-11-25-17)20(23)12-15-6-8-16(21)9-7-15/h2-9,17H,10-14H2,1H3. The molecule has 0 aromatic heterocycles. The zero-order valence-electron chi connectivity index (χ0n) is 14.7. The number of carbonyl (C=O) groups is 1. The summed E-state index contributed by atoms with van der Waals surface area (Å²) in [6, 6.07) is 13.4. The van der Waals surface area contributed by atoms with Crippen molar-refractivity contribution in [3.63, 3.8) is 0 Å². The van der Waals surface area contributed by atoms with Gasteiger partial charge in [-0.05, 0) is 29.8 Å². The SMILES string of the molecule is COc1ccccc1OCC1CN(C(=O)Cc2ccc(F)cc2)CCO1. The van der Waals surface area contributed by atoms with Crippen molar-refractivity contribution in [3.8, 4) is 11.5 Å². The molecule has 0 radical (unpaired) electrons. The molecule has 1 heterocycles. The van der Waals surface area contributed by atoms with Gasteiger partial charge in [0.2, 0.25) is 5.91 Å². The Kier molecular flexibility index (Phi) is 6.07. The number of methoxy groups -OCH3 is 1.